The number of rotatable bonds is 6. The first-order valence-electron chi connectivity index (χ1n) is 10.5. The largest absolute Gasteiger partial charge is 0.353 e. The van der Waals surface area contributed by atoms with Crippen LogP contribution in [0.5, 0.6) is 0 Å². The fourth-order valence-electron chi connectivity index (χ4n) is 3.62. The van der Waals surface area contributed by atoms with Crippen LogP contribution in [-0.2, 0) is 16.0 Å². The van der Waals surface area contributed by atoms with Crippen LogP contribution >= 0.6 is 0 Å². The summed E-state index contributed by atoms with van der Waals surface area (Å²) in [4.78, 5) is 37.5. The van der Waals surface area contributed by atoms with Gasteiger partial charge in [0.25, 0.3) is 0 Å². The Balaban J connectivity index is 1.26. The second-order valence-corrected chi connectivity index (χ2v) is 7.56. The van der Waals surface area contributed by atoms with Crippen LogP contribution in [0.25, 0.3) is 11.4 Å². The summed E-state index contributed by atoms with van der Waals surface area (Å²) in [6.45, 7) is 2.31. The maximum Gasteiger partial charge on any atom is 0.242 e. The molecule has 8 heteroatoms. The first kappa shape index (κ1) is 21.4. The highest BCUT2D eigenvalue weighted by atomic mass is 19.1. The highest BCUT2D eigenvalue weighted by Crippen LogP contribution is 2.19. The van der Waals surface area contributed by atoms with Crippen molar-refractivity contribution >= 4 is 17.6 Å². The van der Waals surface area contributed by atoms with E-state index in [9.17, 15) is 14.0 Å². The Hall–Kier alpha value is -3.81. The lowest BCUT2D eigenvalue weighted by Gasteiger charge is -2.35. The van der Waals surface area contributed by atoms with Crippen molar-refractivity contribution in [2.45, 2.75) is 6.42 Å². The van der Waals surface area contributed by atoms with Crippen LogP contribution in [0.15, 0.2) is 66.9 Å². The van der Waals surface area contributed by atoms with Gasteiger partial charge in [-0.25, -0.2) is 14.4 Å². The Morgan fingerprint density at radius 3 is 2.50 bits per heavy atom. The molecule has 4 rings (SSSR count). The van der Waals surface area contributed by atoms with E-state index in [0.29, 0.717) is 37.6 Å². The number of piperazine rings is 1. The number of hydrogen-bond donors (Lipinski definition) is 1. The highest BCUT2D eigenvalue weighted by Gasteiger charge is 2.22. The molecule has 0 atom stereocenters. The Labute approximate surface area is 185 Å². The van der Waals surface area contributed by atoms with Crippen LogP contribution in [-0.4, -0.2) is 59.4 Å². The molecule has 0 radical (unpaired) electrons. The summed E-state index contributed by atoms with van der Waals surface area (Å²) >= 11 is 0. The number of carbonyl (C=O) groups is 2. The van der Waals surface area contributed by atoms with Gasteiger partial charge in [0.2, 0.25) is 11.8 Å². The number of carbonyl (C=O) groups excluding carboxylic acids is 2. The standard InChI is InChI=1S/C24H24FN5O2/c25-20-8-4-5-18(15-20)16-22(31)27-17-23(32)30-13-11-29(12-14-30)21-9-10-26-24(28-21)19-6-2-1-3-7-19/h1-10,15H,11-14,16-17H2,(H,27,31). The van der Waals surface area contributed by atoms with Gasteiger partial charge in [0.15, 0.2) is 5.82 Å². The summed E-state index contributed by atoms with van der Waals surface area (Å²) in [6.07, 6.45) is 1.78. The predicted molar refractivity (Wildman–Crippen MR) is 119 cm³/mol. The van der Waals surface area contributed by atoms with Gasteiger partial charge in [-0.15, -0.1) is 0 Å². The van der Waals surface area contributed by atoms with E-state index in [1.54, 1.807) is 23.2 Å². The Kier molecular flexibility index (Phi) is 6.69. The number of halogens is 1. The van der Waals surface area contributed by atoms with Gasteiger partial charge in [-0.1, -0.05) is 42.5 Å². The molecular formula is C24H24FN5O2. The van der Waals surface area contributed by atoms with Crippen LogP contribution in [0.1, 0.15) is 5.56 Å². The smallest absolute Gasteiger partial charge is 0.242 e. The van der Waals surface area contributed by atoms with Gasteiger partial charge in [-0.05, 0) is 23.8 Å². The monoisotopic (exact) mass is 433 g/mol. The fourth-order valence-corrected chi connectivity index (χ4v) is 3.62. The summed E-state index contributed by atoms with van der Waals surface area (Å²) in [5.41, 5.74) is 1.53. The van der Waals surface area contributed by atoms with E-state index in [-0.39, 0.29) is 30.6 Å². The topological polar surface area (TPSA) is 78.4 Å². The summed E-state index contributed by atoms with van der Waals surface area (Å²) in [6, 6.07) is 17.6. The van der Waals surface area contributed by atoms with Crippen molar-refractivity contribution in [2.24, 2.45) is 0 Å². The molecule has 0 bridgehead atoms. The van der Waals surface area contributed by atoms with Gasteiger partial charge in [-0.2, -0.15) is 0 Å². The predicted octanol–water partition coefficient (Wildman–Crippen LogP) is 2.29. The second kappa shape index (κ2) is 10.00. The van der Waals surface area contributed by atoms with Crippen LogP contribution in [0.4, 0.5) is 10.2 Å². The van der Waals surface area contributed by atoms with Crippen LogP contribution < -0.4 is 10.2 Å². The first-order chi connectivity index (χ1) is 15.6. The third-order valence-electron chi connectivity index (χ3n) is 5.32. The van der Waals surface area contributed by atoms with Crippen molar-refractivity contribution in [3.05, 3.63) is 78.2 Å². The van der Waals surface area contributed by atoms with E-state index in [1.165, 1.54) is 12.1 Å². The summed E-state index contributed by atoms with van der Waals surface area (Å²) in [5.74, 6) is 0.669. The Morgan fingerprint density at radius 2 is 1.75 bits per heavy atom. The zero-order valence-electron chi connectivity index (χ0n) is 17.6. The summed E-state index contributed by atoms with van der Waals surface area (Å²) in [5, 5.41) is 2.63. The van der Waals surface area contributed by atoms with E-state index >= 15 is 0 Å². The molecular weight excluding hydrogens is 409 g/mol. The maximum atomic E-state index is 13.2. The zero-order valence-corrected chi connectivity index (χ0v) is 17.6. The highest BCUT2D eigenvalue weighted by molar-refractivity contribution is 5.85. The van der Waals surface area contributed by atoms with Crippen molar-refractivity contribution in [1.29, 1.82) is 0 Å². The minimum atomic E-state index is -0.385. The van der Waals surface area contributed by atoms with Crippen LogP contribution in [0, 0.1) is 5.82 Å². The van der Waals surface area contributed by atoms with E-state index in [4.69, 9.17) is 0 Å². The quantitative estimate of drug-likeness (QED) is 0.645. The molecule has 0 saturated carbocycles. The zero-order chi connectivity index (χ0) is 22.3. The van der Waals surface area contributed by atoms with Gasteiger partial charge < -0.3 is 15.1 Å². The molecule has 0 aliphatic carbocycles. The Morgan fingerprint density at radius 1 is 0.969 bits per heavy atom. The molecule has 2 heterocycles. The van der Waals surface area contributed by atoms with Crippen molar-refractivity contribution in [2.75, 3.05) is 37.6 Å². The summed E-state index contributed by atoms with van der Waals surface area (Å²) < 4.78 is 13.2. The average Bonchev–Trinajstić information content (AvgIpc) is 2.83. The van der Waals surface area contributed by atoms with Crippen molar-refractivity contribution in [1.82, 2.24) is 20.2 Å². The molecule has 1 aromatic heterocycles. The second-order valence-electron chi connectivity index (χ2n) is 7.56. The number of hydrogen-bond acceptors (Lipinski definition) is 5. The fraction of sp³-hybridized carbons (Fsp3) is 0.250. The number of nitrogens with zero attached hydrogens (tertiary/aromatic N) is 4. The third kappa shape index (κ3) is 5.46. The van der Waals surface area contributed by atoms with Crippen molar-refractivity contribution in [3.8, 4) is 11.4 Å². The molecule has 1 aliphatic rings. The molecule has 7 nitrogen and oxygen atoms in total. The number of nitrogens with one attached hydrogen (secondary N) is 1. The average molecular weight is 433 g/mol. The van der Waals surface area contributed by atoms with Crippen LogP contribution in [0.3, 0.4) is 0 Å². The van der Waals surface area contributed by atoms with Gasteiger partial charge in [-0.3, -0.25) is 9.59 Å². The van der Waals surface area contributed by atoms with E-state index < -0.39 is 0 Å². The molecule has 164 valence electrons. The minimum Gasteiger partial charge on any atom is -0.353 e. The van der Waals surface area contributed by atoms with E-state index in [1.807, 2.05) is 36.4 Å². The number of benzene rings is 2. The molecule has 1 N–H and O–H groups in total. The van der Waals surface area contributed by atoms with Crippen LogP contribution in [0.2, 0.25) is 0 Å². The molecule has 1 fully saturated rings. The number of amides is 2. The lowest BCUT2D eigenvalue weighted by molar-refractivity contribution is -0.133. The molecule has 3 aromatic rings. The lowest BCUT2D eigenvalue weighted by atomic mass is 10.1. The maximum absolute atomic E-state index is 13.2. The normalized spacial score (nSPS) is 13.7. The Bertz CT molecular complexity index is 1080. The van der Waals surface area contributed by atoms with Gasteiger partial charge in [0.1, 0.15) is 11.6 Å². The van der Waals surface area contributed by atoms with E-state index in [2.05, 4.69) is 20.2 Å². The molecule has 1 saturated heterocycles. The van der Waals surface area contributed by atoms with Crippen molar-refractivity contribution in [3.63, 3.8) is 0 Å². The van der Waals surface area contributed by atoms with Gasteiger partial charge >= 0.3 is 0 Å². The molecule has 32 heavy (non-hydrogen) atoms. The molecule has 1 aliphatic heterocycles. The van der Waals surface area contributed by atoms with Gasteiger partial charge in [0.05, 0.1) is 13.0 Å². The summed E-state index contributed by atoms with van der Waals surface area (Å²) in [7, 11) is 0. The lowest BCUT2D eigenvalue weighted by Crippen LogP contribution is -2.51. The van der Waals surface area contributed by atoms with Crippen molar-refractivity contribution < 1.29 is 14.0 Å². The number of anilines is 1. The van der Waals surface area contributed by atoms with E-state index in [0.717, 1.165) is 11.4 Å². The minimum absolute atomic E-state index is 0.0380. The molecule has 2 aromatic carbocycles. The molecule has 2 amide bonds. The third-order valence-corrected chi connectivity index (χ3v) is 5.32. The first-order valence-corrected chi connectivity index (χ1v) is 10.5. The molecule has 0 spiro atoms. The molecule has 0 unspecified atom stereocenters. The SMILES string of the molecule is O=C(Cc1cccc(F)c1)NCC(=O)N1CCN(c2ccnc(-c3ccccc3)n2)CC1. The van der Waals surface area contributed by atoms with Gasteiger partial charge in [0, 0.05) is 37.9 Å². The number of aromatic nitrogens is 2.